The smallest absolute Gasteiger partial charge is 0.141 e. The standard InChI is InChI=1S/C11H9BrFN/c12-6-2-1-3-9-4-5-10(8-14)11(13)7-9/h1,3-5,7H,2,6H2. The summed E-state index contributed by atoms with van der Waals surface area (Å²) in [5.74, 6) is -0.464. The van der Waals surface area contributed by atoms with Crippen molar-refractivity contribution in [2.24, 2.45) is 0 Å². The minimum absolute atomic E-state index is 0.0858. The van der Waals surface area contributed by atoms with E-state index in [4.69, 9.17) is 5.26 Å². The molecule has 72 valence electrons. The lowest BCUT2D eigenvalue weighted by Crippen LogP contribution is -1.83. The van der Waals surface area contributed by atoms with Crippen LogP contribution in [-0.2, 0) is 0 Å². The number of nitriles is 1. The average Bonchev–Trinajstić information content (AvgIpc) is 2.18. The summed E-state index contributed by atoms with van der Waals surface area (Å²) in [5, 5.41) is 9.40. The monoisotopic (exact) mass is 253 g/mol. The van der Waals surface area contributed by atoms with Gasteiger partial charge in [0.15, 0.2) is 0 Å². The van der Waals surface area contributed by atoms with Gasteiger partial charge in [-0.1, -0.05) is 34.1 Å². The van der Waals surface area contributed by atoms with Gasteiger partial charge in [0.25, 0.3) is 0 Å². The van der Waals surface area contributed by atoms with Crippen molar-refractivity contribution in [1.82, 2.24) is 0 Å². The third kappa shape index (κ3) is 2.97. The molecule has 1 aromatic rings. The van der Waals surface area contributed by atoms with Crippen molar-refractivity contribution >= 4 is 22.0 Å². The van der Waals surface area contributed by atoms with Crippen LogP contribution < -0.4 is 0 Å². The highest BCUT2D eigenvalue weighted by molar-refractivity contribution is 9.09. The van der Waals surface area contributed by atoms with Crippen LogP contribution in [-0.4, -0.2) is 5.33 Å². The molecule has 0 aliphatic carbocycles. The molecular formula is C11H9BrFN. The predicted octanol–water partition coefficient (Wildman–Crippen LogP) is 3.50. The molecule has 1 aromatic carbocycles. The lowest BCUT2D eigenvalue weighted by atomic mass is 10.1. The van der Waals surface area contributed by atoms with Crippen LogP contribution in [0.3, 0.4) is 0 Å². The van der Waals surface area contributed by atoms with Crippen molar-refractivity contribution in [1.29, 1.82) is 5.26 Å². The second kappa shape index (κ2) is 5.56. The summed E-state index contributed by atoms with van der Waals surface area (Å²) in [6.45, 7) is 0. The highest BCUT2D eigenvalue weighted by Crippen LogP contribution is 2.11. The molecule has 0 saturated carbocycles. The molecule has 0 aliphatic rings. The van der Waals surface area contributed by atoms with Gasteiger partial charge in [0.05, 0.1) is 5.56 Å². The highest BCUT2D eigenvalue weighted by atomic mass is 79.9. The molecule has 1 nitrogen and oxygen atoms in total. The van der Waals surface area contributed by atoms with E-state index in [1.807, 2.05) is 12.2 Å². The number of benzene rings is 1. The van der Waals surface area contributed by atoms with E-state index in [2.05, 4.69) is 15.9 Å². The third-order valence-corrected chi connectivity index (χ3v) is 2.16. The Kier molecular flexibility index (Phi) is 4.34. The molecule has 0 saturated heterocycles. The van der Waals surface area contributed by atoms with Crippen LogP contribution in [0.5, 0.6) is 0 Å². The number of hydrogen-bond donors (Lipinski definition) is 0. The second-order valence-corrected chi connectivity index (χ2v) is 3.52. The van der Waals surface area contributed by atoms with Gasteiger partial charge in [0.1, 0.15) is 11.9 Å². The van der Waals surface area contributed by atoms with Gasteiger partial charge < -0.3 is 0 Å². The van der Waals surface area contributed by atoms with E-state index in [0.717, 1.165) is 17.3 Å². The molecule has 3 heteroatoms. The van der Waals surface area contributed by atoms with Gasteiger partial charge in [0.2, 0.25) is 0 Å². The van der Waals surface area contributed by atoms with E-state index in [9.17, 15) is 4.39 Å². The van der Waals surface area contributed by atoms with Crippen LogP contribution in [0.15, 0.2) is 24.3 Å². The van der Waals surface area contributed by atoms with Crippen LogP contribution in [0.4, 0.5) is 4.39 Å². The number of halogens is 2. The topological polar surface area (TPSA) is 23.8 Å². The fourth-order valence-electron chi connectivity index (χ4n) is 1.01. The molecule has 0 aliphatic heterocycles. The largest absolute Gasteiger partial charge is 0.206 e. The first-order valence-electron chi connectivity index (χ1n) is 4.20. The molecule has 14 heavy (non-hydrogen) atoms. The quantitative estimate of drug-likeness (QED) is 0.757. The van der Waals surface area contributed by atoms with E-state index < -0.39 is 5.82 Å². The summed E-state index contributed by atoms with van der Waals surface area (Å²) in [6, 6.07) is 6.37. The Morgan fingerprint density at radius 2 is 2.29 bits per heavy atom. The van der Waals surface area contributed by atoms with Crippen molar-refractivity contribution in [2.75, 3.05) is 5.33 Å². The molecule has 1 rings (SSSR count). The molecule has 0 spiro atoms. The third-order valence-electron chi connectivity index (χ3n) is 1.70. The van der Waals surface area contributed by atoms with Gasteiger partial charge >= 0.3 is 0 Å². The van der Waals surface area contributed by atoms with E-state index in [0.29, 0.717) is 0 Å². The van der Waals surface area contributed by atoms with Crippen LogP contribution in [0.2, 0.25) is 0 Å². The Hall–Kier alpha value is -1.14. The minimum Gasteiger partial charge on any atom is -0.206 e. The summed E-state index contributed by atoms with van der Waals surface area (Å²) >= 11 is 3.29. The Balaban J connectivity index is 2.82. The zero-order valence-electron chi connectivity index (χ0n) is 7.50. The molecule has 0 fully saturated rings. The van der Waals surface area contributed by atoms with Crippen molar-refractivity contribution in [3.8, 4) is 6.07 Å². The highest BCUT2D eigenvalue weighted by Gasteiger charge is 1.99. The predicted molar refractivity (Wildman–Crippen MR) is 58.6 cm³/mol. The van der Waals surface area contributed by atoms with E-state index >= 15 is 0 Å². The van der Waals surface area contributed by atoms with Gasteiger partial charge in [-0.2, -0.15) is 5.26 Å². The zero-order valence-corrected chi connectivity index (χ0v) is 9.09. The minimum atomic E-state index is -0.464. The van der Waals surface area contributed by atoms with Crippen molar-refractivity contribution in [2.45, 2.75) is 6.42 Å². The number of rotatable bonds is 3. The molecule has 0 unspecified atom stereocenters. The lowest BCUT2D eigenvalue weighted by Gasteiger charge is -1.95. The number of alkyl halides is 1. The molecule has 0 N–H and O–H groups in total. The molecule has 0 bridgehead atoms. The Labute approximate surface area is 91.0 Å². The van der Waals surface area contributed by atoms with Gasteiger partial charge in [-0.15, -0.1) is 0 Å². The molecule has 0 heterocycles. The van der Waals surface area contributed by atoms with Gasteiger partial charge in [-0.3, -0.25) is 0 Å². The Morgan fingerprint density at radius 1 is 1.50 bits per heavy atom. The number of hydrogen-bond acceptors (Lipinski definition) is 1. The first-order chi connectivity index (χ1) is 6.77. The van der Waals surface area contributed by atoms with Crippen LogP contribution >= 0.6 is 15.9 Å². The second-order valence-electron chi connectivity index (χ2n) is 2.73. The molecular weight excluding hydrogens is 245 g/mol. The summed E-state index contributed by atoms with van der Waals surface area (Å²) in [4.78, 5) is 0. The van der Waals surface area contributed by atoms with Crippen LogP contribution in [0, 0.1) is 17.1 Å². The van der Waals surface area contributed by atoms with E-state index in [-0.39, 0.29) is 5.56 Å². The first kappa shape index (κ1) is 10.9. The summed E-state index contributed by atoms with van der Waals surface area (Å²) < 4.78 is 13.1. The SMILES string of the molecule is N#Cc1ccc(C=CCCBr)cc1F. The number of nitrogens with zero attached hydrogens (tertiary/aromatic N) is 1. The number of allylic oxidation sites excluding steroid dienone is 1. The maximum atomic E-state index is 13.1. The zero-order chi connectivity index (χ0) is 10.4. The van der Waals surface area contributed by atoms with Gasteiger partial charge in [-0.25, -0.2) is 4.39 Å². The van der Waals surface area contributed by atoms with Crippen LogP contribution in [0.25, 0.3) is 6.08 Å². The fourth-order valence-corrected chi connectivity index (χ4v) is 1.27. The maximum absolute atomic E-state index is 13.1. The van der Waals surface area contributed by atoms with Gasteiger partial charge in [-0.05, 0) is 24.1 Å². The van der Waals surface area contributed by atoms with E-state index in [1.54, 1.807) is 12.1 Å². The summed E-state index contributed by atoms with van der Waals surface area (Å²) in [7, 11) is 0. The summed E-state index contributed by atoms with van der Waals surface area (Å²) in [5.41, 5.74) is 0.866. The molecule has 0 aromatic heterocycles. The van der Waals surface area contributed by atoms with Crippen molar-refractivity contribution in [3.05, 3.63) is 41.2 Å². The average molecular weight is 254 g/mol. The molecule has 0 atom stereocenters. The summed E-state index contributed by atoms with van der Waals surface area (Å²) in [6.07, 6.45) is 4.70. The lowest BCUT2D eigenvalue weighted by molar-refractivity contribution is 0.623. The molecule has 0 radical (unpaired) electrons. The van der Waals surface area contributed by atoms with E-state index in [1.165, 1.54) is 12.1 Å². The first-order valence-corrected chi connectivity index (χ1v) is 5.32. The Morgan fingerprint density at radius 3 is 2.86 bits per heavy atom. The normalized spacial score (nSPS) is 10.4. The van der Waals surface area contributed by atoms with Crippen LogP contribution in [0.1, 0.15) is 17.5 Å². The molecule has 0 amide bonds. The van der Waals surface area contributed by atoms with Gasteiger partial charge in [0, 0.05) is 5.33 Å². The Bertz CT molecular complexity index is 379. The fraction of sp³-hybridized carbons (Fsp3) is 0.182. The van der Waals surface area contributed by atoms with Crippen molar-refractivity contribution in [3.63, 3.8) is 0 Å². The van der Waals surface area contributed by atoms with Crippen molar-refractivity contribution < 1.29 is 4.39 Å². The maximum Gasteiger partial charge on any atom is 0.141 e.